The van der Waals surface area contributed by atoms with Gasteiger partial charge in [0.2, 0.25) is 5.95 Å². The summed E-state index contributed by atoms with van der Waals surface area (Å²) >= 11 is 0. The highest BCUT2D eigenvalue weighted by molar-refractivity contribution is 5.39. The average molecular weight is 220 g/mol. The first-order chi connectivity index (χ1) is 7.81. The molecule has 0 amide bonds. The Labute approximate surface area is 96.9 Å². The minimum atomic E-state index is 0.548. The zero-order valence-corrected chi connectivity index (χ0v) is 10.0. The molecule has 1 aromatic rings. The van der Waals surface area contributed by atoms with Gasteiger partial charge in [0.15, 0.2) is 0 Å². The lowest BCUT2D eigenvalue weighted by atomic mass is 10.1. The Kier molecular flexibility index (Phi) is 3.59. The molecule has 0 saturated heterocycles. The largest absolute Gasteiger partial charge is 0.367 e. The Balaban J connectivity index is 1.94. The van der Waals surface area contributed by atoms with Crippen molar-refractivity contribution in [2.45, 2.75) is 38.6 Å². The Hall–Kier alpha value is -1.32. The molecule has 0 bridgehead atoms. The van der Waals surface area contributed by atoms with Gasteiger partial charge in [0, 0.05) is 19.3 Å². The smallest absolute Gasteiger partial charge is 0.224 e. The number of anilines is 2. The molecule has 0 spiro atoms. The minimum absolute atomic E-state index is 0.548. The van der Waals surface area contributed by atoms with Crippen LogP contribution in [0.4, 0.5) is 11.8 Å². The van der Waals surface area contributed by atoms with E-state index in [1.165, 1.54) is 19.3 Å². The van der Waals surface area contributed by atoms with Crippen molar-refractivity contribution in [1.29, 1.82) is 0 Å². The summed E-state index contributed by atoms with van der Waals surface area (Å²) in [5.41, 5.74) is 0. The monoisotopic (exact) mass is 220 g/mol. The molecule has 16 heavy (non-hydrogen) atoms. The van der Waals surface area contributed by atoms with Crippen molar-refractivity contribution >= 4 is 11.8 Å². The van der Waals surface area contributed by atoms with Crippen LogP contribution < -0.4 is 10.6 Å². The second-order valence-electron chi connectivity index (χ2n) is 4.44. The van der Waals surface area contributed by atoms with Crippen LogP contribution in [0.15, 0.2) is 12.3 Å². The highest BCUT2D eigenvalue weighted by Crippen LogP contribution is 2.34. The van der Waals surface area contributed by atoms with Gasteiger partial charge >= 0.3 is 0 Å². The van der Waals surface area contributed by atoms with Crippen molar-refractivity contribution < 1.29 is 0 Å². The van der Waals surface area contributed by atoms with Crippen molar-refractivity contribution in [1.82, 2.24) is 9.97 Å². The molecular weight excluding hydrogens is 200 g/mol. The molecule has 1 aromatic heterocycles. The van der Waals surface area contributed by atoms with Gasteiger partial charge in [-0.1, -0.05) is 19.8 Å². The van der Waals surface area contributed by atoms with Crippen molar-refractivity contribution in [3.05, 3.63) is 12.3 Å². The van der Waals surface area contributed by atoms with Gasteiger partial charge in [0.25, 0.3) is 0 Å². The van der Waals surface area contributed by atoms with Crippen molar-refractivity contribution in [2.75, 3.05) is 17.7 Å². The molecule has 0 aromatic carbocycles. The lowest BCUT2D eigenvalue weighted by molar-refractivity contribution is 0.585. The normalized spacial score (nSPS) is 16.9. The maximum absolute atomic E-state index is 4.37. The highest BCUT2D eigenvalue weighted by atomic mass is 15.1. The quantitative estimate of drug-likeness (QED) is 0.773. The molecule has 0 radical (unpaired) electrons. The summed E-state index contributed by atoms with van der Waals surface area (Å²) in [5, 5.41) is 6.43. The van der Waals surface area contributed by atoms with Crippen LogP contribution in [0.1, 0.15) is 32.6 Å². The summed E-state index contributed by atoms with van der Waals surface area (Å²) in [6.45, 7) is 2.22. The first-order valence-corrected chi connectivity index (χ1v) is 6.09. The van der Waals surface area contributed by atoms with Crippen molar-refractivity contribution in [3.63, 3.8) is 0 Å². The van der Waals surface area contributed by atoms with Crippen LogP contribution >= 0.6 is 0 Å². The number of nitrogens with zero attached hydrogens (tertiary/aromatic N) is 2. The number of aromatic nitrogens is 2. The molecule has 1 aliphatic carbocycles. The molecule has 2 rings (SSSR count). The third-order valence-electron chi connectivity index (χ3n) is 3.04. The van der Waals surface area contributed by atoms with E-state index in [2.05, 4.69) is 27.5 Å². The van der Waals surface area contributed by atoms with Crippen LogP contribution in [0.2, 0.25) is 0 Å². The highest BCUT2D eigenvalue weighted by Gasteiger charge is 2.24. The summed E-state index contributed by atoms with van der Waals surface area (Å²) in [6, 6.07) is 2.48. The molecule has 1 saturated carbocycles. The standard InChI is InChI=1S/C12H20N4/c1-3-10(8-9-4-5-9)15-11-6-7-14-12(13-2)16-11/h6-7,9-10H,3-5,8H2,1-2H3,(H2,13,14,15,16). The van der Waals surface area contributed by atoms with Crippen molar-refractivity contribution in [2.24, 2.45) is 5.92 Å². The summed E-state index contributed by atoms with van der Waals surface area (Å²) in [6.07, 6.45) is 7.02. The topological polar surface area (TPSA) is 49.8 Å². The average Bonchev–Trinajstić information content (AvgIpc) is 3.12. The Morgan fingerprint density at radius 2 is 2.31 bits per heavy atom. The van der Waals surface area contributed by atoms with Crippen molar-refractivity contribution in [3.8, 4) is 0 Å². The van der Waals surface area contributed by atoms with Gasteiger partial charge in [-0.25, -0.2) is 4.98 Å². The van der Waals surface area contributed by atoms with E-state index >= 15 is 0 Å². The van der Waals surface area contributed by atoms with E-state index in [9.17, 15) is 0 Å². The molecule has 1 atom stereocenters. The maximum atomic E-state index is 4.37. The van der Waals surface area contributed by atoms with Gasteiger partial charge in [-0.3, -0.25) is 0 Å². The second kappa shape index (κ2) is 5.14. The Morgan fingerprint density at radius 3 is 2.94 bits per heavy atom. The molecule has 88 valence electrons. The van der Waals surface area contributed by atoms with E-state index in [-0.39, 0.29) is 0 Å². The van der Waals surface area contributed by atoms with Gasteiger partial charge in [-0.05, 0) is 24.8 Å². The number of nitrogens with one attached hydrogen (secondary N) is 2. The van der Waals surface area contributed by atoms with E-state index < -0.39 is 0 Å². The SMILES string of the molecule is CCC(CC1CC1)Nc1ccnc(NC)n1. The summed E-state index contributed by atoms with van der Waals surface area (Å²) < 4.78 is 0. The summed E-state index contributed by atoms with van der Waals surface area (Å²) in [4.78, 5) is 8.48. The second-order valence-corrected chi connectivity index (χ2v) is 4.44. The lowest BCUT2D eigenvalue weighted by Gasteiger charge is -2.17. The number of hydrogen-bond donors (Lipinski definition) is 2. The van der Waals surface area contributed by atoms with Crippen LogP contribution in [0, 0.1) is 5.92 Å². The summed E-state index contributed by atoms with van der Waals surface area (Å²) in [7, 11) is 1.83. The predicted molar refractivity (Wildman–Crippen MR) is 66.6 cm³/mol. The van der Waals surface area contributed by atoms with E-state index in [0.717, 1.165) is 18.2 Å². The molecule has 1 fully saturated rings. The zero-order chi connectivity index (χ0) is 11.4. The molecular formula is C12H20N4. The van der Waals surface area contributed by atoms with E-state index in [4.69, 9.17) is 0 Å². The molecule has 4 nitrogen and oxygen atoms in total. The van der Waals surface area contributed by atoms with Crippen LogP contribution in [0.25, 0.3) is 0 Å². The fourth-order valence-corrected chi connectivity index (χ4v) is 1.85. The van der Waals surface area contributed by atoms with Crippen LogP contribution in [0.3, 0.4) is 0 Å². The first kappa shape index (κ1) is 11.2. The van der Waals surface area contributed by atoms with Crippen LogP contribution in [0.5, 0.6) is 0 Å². The number of hydrogen-bond acceptors (Lipinski definition) is 4. The van der Waals surface area contributed by atoms with E-state index in [0.29, 0.717) is 12.0 Å². The van der Waals surface area contributed by atoms with Gasteiger partial charge in [0.1, 0.15) is 5.82 Å². The van der Waals surface area contributed by atoms with E-state index in [1.54, 1.807) is 6.20 Å². The third-order valence-corrected chi connectivity index (χ3v) is 3.04. The fraction of sp³-hybridized carbons (Fsp3) is 0.667. The Morgan fingerprint density at radius 1 is 1.50 bits per heavy atom. The van der Waals surface area contributed by atoms with Crippen LogP contribution in [-0.2, 0) is 0 Å². The van der Waals surface area contributed by atoms with Crippen LogP contribution in [-0.4, -0.2) is 23.1 Å². The lowest BCUT2D eigenvalue weighted by Crippen LogP contribution is -2.20. The van der Waals surface area contributed by atoms with Gasteiger partial charge in [0.05, 0.1) is 0 Å². The molecule has 1 unspecified atom stereocenters. The first-order valence-electron chi connectivity index (χ1n) is 6.09. The Bertz CT molecular complexity index is 336. The third kappa shape index (κ3) is 3.08. The van der Waals surface area contributed by atoms with Gasteiger partial charge < -0.3 is 10.6 Å². The minimum Gasteiger partial charge on any atom is -0.367 e. The fourth-order valence-electron chi connectivity index (χ4n) is 1.85. The molecule has 2 N–H and O–H groups in total. The van der Waals surface area contributed by atoms with E-state index in [1.807, 2.05) is 13.1 Å². The maximum Gasteiger partial charge on any atom is 0.224 e. The predicted octanol–water partition coefficient (Wildman–Crippen LogP) is 2.51. The molecule has 1 aliphatic rings. The molecule has 1 heterocycles. The summed E-state index contributed by atoms with van der Waals surface area (Å²) in [5.74, 6) is 2.54. The number of rotatable bonds is 6. The zero-order valence-electron chi connectivity index (χ0n) is 10.0. The molecule has 0 aliphatic heterocycles. The molecule has 4 heteroatoms. The van der Waals surface area contributed by atoms with Gasteiger partial charge in [-0.15, -0.1) is 0 Å². The van der Waals surface area contributed by atoms with Gasteiger partial charge in [-0.2, -0.15) is 4.98 Å².